The molecule has 1 aromatic carbocycles. The maximum atomic E-state index is 13.1. The van der Waals surface area contributed by atoms with Gasteiger partial charge in [-0.1, -0.05) is 30.3 Å². The highest BCUT2D eigenvalue weighted by Gasteiger charge is 2.32. The first-order chi connectivity index (χ1) is 13.7. The van der Waals surface area contributed by atoms with Crippen LogP contribution in [0.1, 0.15) is 26.3 Å². The Labute approximate surface area is 162 Å². The second kappa shape index (κ2) is 8.00. The van der Waals surface area contributed by atoms with E-state index >= 15 is 0 Å². The molecule has 1 aliphatic heterocycles. The zero-order chi connectivity index (χ0) is 19.5. The van der Waals surface area contributed by atoms with Gasteiger partial charge in [0.2, 0.25) is 0 Å². The third kappa shape index (κ3) is 3.58. The summed E-state index contributed by atoms with van der Waals surface area (Å²) in [5.41, 5.74) is 2.14. The molecule has 7 nitrogen and oxygen atoms in total. The van der Waals surface area contributed by atoms with Gasteiger partial charge < -0.3 is 19.2 Å². The predicted octanol–water partition coefficient (Wildman–Crippen LogP) is 1.98. The zero-order valence-corrected chi connectivity index (χ0v) is 15.5. The molecule has 1 saturated heterocycles. The Kier molecular flexibility index (Phi) is 5.27. The Bertz CT molecular complexity index is 944. The van der Waals surface area contributed by atoms with Crippen molar-refractivity contribution in [3.05, 3.63) is 59.2 Å². The van der Waals surface area contributed by atoms with Gasteiger partial charge in [-0.3, -0.25) is 9.69 Å². The third-order valence-corrected chi connectivity index (χ3v) is 5.06. The van der Waals surface area contributed by atoms with Crippen LogP contribution >= 0.6 is 0 Å². The summed E-state index contributed by atoms with van der Waals surface area (Å²) in [6.45, 7) is 3.30. The molecule has 3 heterocycles. The lowest BCUT2D eigenvalue weighted by atomic mass is 10.1. The fourth-order valence-corrected chi connectivity index (χ4v) is 3.54. The summed E-state index contributed by atoms with van der Waals surface area (Å²) in [4.78, 5) is 29.6. The van der Waals surface area contributed by atoms with Gasteiger partial charge in [0.1, 0.15) is 28.9 Å². The van der Waals surface area contributed by atoms with Crippen LogP contribution in [0, 0.1) is 0 Å². The molecule has 1 N–H and O–H groups in total. The minimum absolute atomic E-state index is 0.103. The topological polar surface area (TPSA) is 83.2 Å². The predicted molar refractivity (Wildman–Crippen MR) is 102 cm³/mol. The van der Waals surface area contributed by atoms with Crippen molar-refractivity contribution >= 4 is 23.0 Å². The zero-order valence-electron chi connectivity index (χ0n) is 15.5. The molecule has 1 fully saturated rings. The second-order valence-corrected chi connectivity index (χ2v) is 6.83. The number of amides is 1. The number of β-amino-alcohol motifs (C(OH)–C–C–N with tert-alkyl or cyclic N) is 1. The molecule has 2 aromatic heterocycles. The number of rotatable bonds is 6. The average molecular weight is 382 g/mol. The molecular weight excluding hydrogens is 360 g/mol. The summed E-state index contributed by atoms with van der Waals surface area (Å²) in [5.74, 6) is -0.773. The molecule has 0 unspecified atom stereocenters. The highest BCUT2D eigenvalue weighted by atomic mass is 16.5. The van der Waals surface area contributed by atoms with Gasteiger partial charge in [-0.2, -0.15) is 0 Å². The van der Waals surface area contributed by atoms with E-state index < -0.39 is 5.97 Å². The van der Waals surface area contributed by atoms with Crippen molar-refractivity contribution in [3.8, 4) is 0 Å². The number of fused-ring (bicyclic) bond motifs is 2. The van der Waals surface area contributed by atoms with Crippen LogP contribution in [-0.4, -0.2) is 66.1 Å². The maximum absolute atomic E-state index is 13.1. The van der Waals surface area contributed by atoms with Crippen LogP contribution in [0.3, 0.4) is 0 Å². The van der Waals surface area contributed by atoms with Gasteiger partial charge in [-0.25, -0.2) is 4.79 Å². The number of esters is 1. The lowest BCUT2D eigenvalue weighted by Gasteiger charge is -2.34. The number of hydrogen-bond donors (Lipinski definition) is 1. The molecular formula is C21H22N2O5. The van der Waals surface area contributed by atoms with Crippen LogP contribution in [0.5, 0.6) is 0 Å². The summed E-state index contributed by atoms with van der Waals surface area (Å²) in [7, 11) is 0. The first kappa shape index (κ1) is 18.5. The van der Waals surface area contributed by atoms with Crippen LogP contribution in [0.25, 0.3) is 11.2 Å². The number of carbonyl (C=O) groups excluding carboxylic acids is 2. The van der Waals surface area contributed by atoms with Crippen LogP contribution < -0.4 is 0 Å². The molecule has 0 saturated carbocycles. The number of aliphatic hydroxyl groups excluding tert-OH is 1. The highest BCUT2D eigenvalue weighted by Crippen LogP contribution is 2.31. The molecule has 1 amide bonds. The standard InChI is InChI=1S/C21H22N2O5/c24-13-12-22-8-10-23(11-9-22)20(25)18-16-6-7-17(28-16)19(18)21(26)27-14-15-4-2-1-3-5-15/h1-7,24H,8-14H2. The second-order valence-electron chi connectivity index (χ2n) is 6.83. The molecule has 7 heteroatoms. The summed E-state index contributed by atoms with van der Waals surface area (Å²) in [6, 6.07) is 12.8. The molecule has 4 rings (SSSR count). The van der Waals surface area contributed by atoms with Crippen molar-refractivity contribution in [2.45, 2.75) is 6.61 Å². The minimum Gasteiger partial charge on any atom is -0.457 e. The number of furan rings is 2. The lowest BCUT2D eigenvalue weighted by molar-refractivity contribution is 0.0464. The number of benzene rings is 2. The number of ether oxygens (including phenoxy) is 1. The Hall–Kier alpha value is -2.90. The van der Waals surface area contributed by atoms with E-state index in [-0.39, 0.29) is 30.2 Å². The molecule has 0 aliphatic carbocycles. The van der Waals surface area contributed by atoms with Gasteiger partial charge in [0, 0.05) is 32.7 Å². The summed E-state index contributed by atoms with van der Waals surface area (Å²) in [5, 5.41) is 9.06. The number of hydrogen-bond acceptors (Lipinski definition) is 6. The number of nitrogens with zero attached hydrogens (tertiary/aromatic N) is 2. The van der Waals surface area contributed by atoms with Crippen LogP contribution in [0.4, 0.5) is 0 Å². The maximum Gasteiger partial charge on any atom is 0.343 e. The van der Waals surface area contributed by atoms with Gasteiger partial charge in [-0.15, -0.1) is 0 Å². The first-order valence-corrected chi connectivity index (χ1v) is 9.36. The van der Waals surface area contributed by atoms with E-state index in [4.69, 9.17) is 14.3 Å². The van der Waals surface area contributed by atoms with E-state index in [9.17, 15) is 9.59 Å². The third-order valence-electron chi connectivity index (χ3n) is 5.06. The lowest BCUT2D eigenvalue weighted by Crippen LogP contribution is -2.49. The van der Waals surface area contributed by atoms with Gasteiger partial charge in [0.05, 0.1) is 6.61 Å². The van der Waals surface area contributed by atoms with E-state index in [0.717, 1.165) is 5.56 Å². The highest BCUT2D eigenvalue weighted by molar-refractivity contribution is 6.14. The SMILES string of the molecule is O=C(OCc1ccccc1)c1c(C(=O)N2CCN(CCO)CC2)c2ccc1o2. The van der Waals surface area contributed by atoms with Crippen molar-refractivity contribution in [1.82, 2.24) is 9.80 Å². The number of aliphatic hydroxyl groups is 1. The molecule has 0 spiro atoms. The minimum atomic E-state index is -0.555. The van der Waals surface area contributed by atoms with Crippen molar-refractivity contribution in [3.63, 3.8) is 0 Å². The first-order valence-electron chi connectivity index (χ1n) is 9.36. The van der Waals surface area contributed by atoms with E-state index in [1.165, 1.54) is 0 Å². The summed E-state index contributed by atoms with van der Waals surface area (Å²) >= 11 is 0. The van der Waals surface area contributed by atoms with Crippen LogP contribution in [0.15, 0.2) is 46.9 Å². The molecule has 0 atom stereocenters. The molecule has 146 valence electrons. The Balaban J connectivity index is 1.49. The van der Waals surface area contributed by atoms with Gasteiger partial charge >= 0.3 is 5.97 Å². The van der Waals surface area contributed by atoms with Crippen molar-refractivity contribution in [2.24, 2.45) is 0 Å². The van der Waals surface area contributed by atoms with E-state index in [1.807, 2.05) is 30.3 Å². The average Bonchev–Trinajstić information content (AvgIpc) is 3.35. The molecule has 2 bridgehead atoms. The van der Waals surface area contributed by atoms with Crippen molar-refractivity contribution < 1.29 is 23.8 Å². The van der Waals surface area contributed by atoms with Gasteiger partial charge in [-0.05, 0) is 17.7 Å². The molecule has 3 aromatic rings. The van der Waals surface area contributed by atoms with Gasteiger partial charge in [0.15, 0.2) is 0 Å². The largest absolute Gasteiger partial charge is 0.457 e. The van der Waals surface area contributed by atoms with Crippen LogP contribution in [-0.2, 0) is 11.3 Å². The number of piperazine rings is 1. The fraction of sp³-hybridized carbons (Fsp3) is 0.333. The van der Waals surface area contributed by atoms with E-state index in [2.05, 4.69) is 4.90 Å². The van der Waals surface area contributed by atoms with Crippen molar-refractivity contribution in [1.29, 1.82) is 0 Å². The monoisotopic (exact) mass is 382 g/mol. The van der Waals surface area contributed by atoms with Crippen LogP contribution in [0.2, 0.25) is 0 Å². The molecule has 28 heavy (non-hydrogen) atoms. The Morgan fingerprint density at radius 2 is 1.64 bits per heavy atom. The van der Waals surface area contributed by atoms with E-state index in [1.54, 1.807) is 17.0 Å². The molecule has 1 aliphatic rings. The Morgan fingerprint density at radius 1 is 0.964 bits per heavy atom. The normalized spacial score (nSPS) is 15.2. The fourth-order valence-electron chi connectivity index (χ4n) is 3.54. The molecule has 0 radical (unpaired) electrons. The summed E-state index contributed by atoms with van der Waals surface area (Å²) < 4.78 is 11.0. The Morgan fingerprint density at radius 3 is 2.32 bits per heavy atom. The van der Waals surface area contributed by atoms with Crippen molar-refractivity contribution in [2.75, 3.05) is 39.3 Å². The smallest absolute Gasteiger partial charge is 0.343 e. The summed E-state index contributed by atoms with van der Waals surface area (Å²) in [6.07, 6.45) is 0. The van der Waals surface area contributed by atoms with Gasteiger partial charge in [0.25, 0.3) is 5.91 Å². The quantitative estimate of drug-likeness (QED) is 0.657. The van der Waals surface area contributed by atoms with E-state index in [0.29, 0.717) is 43.9 Å². The number of carbonyl (C=O) groups is 2.